The lowest BCUT2D eigenvalue weighted by atomic mass is 10.3. The van der Waals surface area contributed by atoms with Crippen LogP contribution in [0.15, 0.2) is 6.33 Å². The maximum Gasteiger partial charge on any atom is 0.392 e. The Hall–Kier alpha value is -1.53. The molecule has 4 nitrogen and oxygen atoms in total. The predicted octanol–water partition coefficient (Wildman–Crippen LogP) is 2.55. The summed E-state index contributed by atoms with van der Waals surface area (Å²) in [5.74, 6) is 0.754. The molecule has 17 heavy (non-hydrogen) atoms. The lowest BCUT2D eigenvalue weighted by Gasteiger charge is -2.12. The van der Waals surface area contributed by atoms with Gasteiger partial charge in [0, 0.05) is 6.54 Å². The quantitative estimate of drug-likeness (QED) is 0.871. The van der Waals surface area contributed by atoms with Gasteiger partial charge in [0.05, 0.1) is 18.6 Å². The number of halogens is 3. The molecule has 1 rings (SSSR count). The van der Waals surface area contributed by atoms with Crippen molar-refractivity contribution in [1.82, 2.24) is 9.97 Å². The smallest absolute Gasteiger partial charge is 0.392 e. The predicted molar refractivity (Wildman–Crippen MR) is 57.1 cm³/mol. The Kier molecular flexibility index (Phi) is 4.53. The van der Waals surface area contributed by atoms with Gasteiger partial charge in [-0.1, -0.05) is 0 Å². The second kappa shape index (κ2) is 5.70. The highest BCUT2D eigenvalue weighted by Crippen LogP contribution is 2.23. The van der Waals surface area contributed by atoms with Gasteiger partial charge in [-0.25, -0.2) is 9.97 Å². The zero-order chi connectivity index (χ0) is 12.9. The number of ether oxygens (including phenoxy) is 1. The van der Waals surface area contributed by atoms with Crippen molar-refractivity contribution in [3.05, 3.63) is 11.9 Å². The van der Waals surface area contributed by atoms with E-state index in [9.17, 15) is 13.2 Å². The van der Waals surface area contributed by atoms with Crippen molar-refractivity contribution in [2.45, 2.75) is 26.4 Å². The number of hydrogen-bond acceptors (Lipinski definition) is 4. The van der Waals surface area contributed by atoms with Crippen LogP contribution in [0.2, 0.25) is 0 Å². The van der Waals surface area contributed by atoms with Crippen molar-refractivity contribution in [2.24, 2.45) is 0 Å². The third kappa shape index (κ3) is 4.46. The van der Waals surface area contributed by atoms with Crippen LogP contribution in [-0.2, 0) is 0 Å². The normalized spacial score (nSPS) is 11.4. The van der Waals surface area contributed by atoms with E-state index in [1.807, 2.05) is 6.92 Å². The molecule has 0 aromatic carbocycles. The van der Waals surface area contributed by atoms with E-state index in [0.717, 1.165) is 0 Å². The highest BCUT2D eigenvalue weighted by atomic mass is 19.4. The Morgan fingerprint density at radius 1 is 1.35 bits per heavy atom. The van der Waals surface area contributed by atoms with Crippen LogP contribution in [0.1, 0.15) is 18.9 Å². The second-order valence-corrected chi connectivity index (χ2v) is 3.40. The fourth-order valence-corrected chi connectivity index (χ4v) is 1.19. The van der Waals surface area contributed by atoms with Gasteiger partial charge in [0.15, 0.2) is 0 Å². The largest absolute Gasteiger partial charge is 0.477 e. The lowest BCUT2D eigenvalue weighted by molar-refractivity contribution is -0.139. The molecule has 0 amide bonds. The second-order valence-electron chi connectivity index (χ2n) is 3.40. The first-order valence-corrected chi connectivity index (χ1v) is 5.19. The van der Waals surface area contributed by atoms with E-state index in [-0.39, 0.29) is 5.88 Å². The molecule has 0 spiro atoms. The fourth-order valence-electron chi connectivity index (χ4n) is 1.19. The third-order valence-electron chi connectivity index (χ3n) is 2.01. The number of nitrogens with zero attached hydrogens (tertiary/aromatic N) is 2. The van der Waals surface area contributed by atoms with E-state index in [0.29, 0.717) is 17.9 Å². The molecule has 1 heterocycles. The summed E-state index contributed by atoms with van der Waals surface area (Å²) in [7, 11) is 0. The van der Waals surface area contributed by atoms with E-state index in [2.05, 4.69) is 15.3 Å². The molecule has 0 saturated heterocycles. The van der Waals surface area contributed by atoms with Gasteiger partial charge >= 0.3 is 6.18 Å². The van der Waals surface area contributed by atoms with E-state index < -0.39 is 19.2 Å². The standard InChI is InChI=1S/C10H14F3N3O/c1-3-14-8-7(2)9(16-6-15-8)17-5-4-10(11,12)13/h6H,3-5H2,1-2H3,(H,14,15,16). The summed E-state index contributed by atoms with van der Waals surface area (Å²) >= 11 is 0. The van der Waals surface area contributed by atoms with Gasteiger partial charge < -0.3 is 10.1 Å². The van der Waals surface area contributed by atoms with Crippen LogP contribution in [0.5, 0.6) is 5.88 Å². The van der Waals surface area contributed by atoms with Gasteiger partial charge in [0.25, 0.3) is 0 Å². The summed E-state index contributed by atoms with van der Waals surface area (Å²) in [5.41, 5.74) is 0.608. The van der Waals surface area contributed by atoms with E-state index in [4.69, 9.17) is 4.74 Å². The molecule has 0 unspecified atom stereocenters. The summed E-state index contributed by atoms with van der Waals surface area (Å²) < 4.78 is 40.8. The van der Waals surface area contributed by atoms with Crippen molar-refractivity contribution >= 4 is 5.82 Å². The molecule has 0 radical (unpaired) electrons. The minimum absolute atomic E-state index is 0.181. The Bertz CT molecular complexity index is 368. The van der Waals surface area contributed by atoms with Crippen LogP contribution in [0.4, 0.5) is 19.0 Å². The summed E-state index contributed by atoms with van der Waals surface area (Å²) in [6, 6.07) is 0. The van der Waals surface area contributed by atoms with E-state index in [1.54, 1.807) is 6.92 Å². The number of aromatic nitrogens is 2. The zero-order valence-electron chi connectivity index (χ0n) is 9.64. The number of anilines is 1. The van der Waals surface area contributed by atoms with Crippen molar-refractivity contribution in [1.29, 1.82) is 0 Å². The Morgan fingerprint density at radius 3 is 2.65 bits per heavy atom. The molecule has 1 aromatic heterocycles. The monoisotopic (exact) mass is 249 g/mol. The first-order valence-electron chi connectivity index (χ1n) is 5.19. The minimum atomic E-state index is -4.22. The van der Waals surface area contributed by atoms with Crippen LogP contribution in [0.3, 0.4) is 0 Å². The molecule has 0 fully saturated rings. The zero-order valence-corrected chi connectivity index (χ0v) is 9.64. The summed E-state index contributed by atoms with van der Waals surface area (Å²) in [5, 5.41) is 2.97. The molecule has 0 saturated carbocycles. The number of alkyl halides is 3. The lowest BCUT2D eigenvalue weighted by Crippen LogP contribution is -2.14. The number of rotatable bonds is 5. The maximum atomic E-state index is 11.9. The molecule has 0 atom stereocenters. The molecular weight excluding hydrogens is 235 g/mol. The highest BCUT2D eigenvalue weighted by Gasteiger charge is 2.27. The summed E-state index contributed by atoms with van der Waals surface area (Å²) in [4.78, 5) is 7.76. The minimum Gasteiger partial charge on any atom is -0.477 e. The molecule has 0 aliphatic carbocycles. The maximum absolute atomic E-state index is 11.9. The van der Waals surface area contributed by atoms with Gasteiger partial charge in [-0.15, -0.1) is 0 Å². The summed E-state index contributed by atoms with van der Waals surface area (Å²) in [6.07, 6.45) is -3.95. The highest BCUT2D eigenvalue weighted by molar-refractivity contribution is 5.47. The molecular formula is C10H14F3N3O. The van der Waals surface area contributed by atoms with Gasteiger partial charge in [-0.2, -0.15) is 13.2 Å². The first kappa shape index (κ1) is 13.5. The van der Waals surface area contributed by atoms with Crippen molar-refractivity contribution < 1.29 is 17.9 Å². The van der Waals surface area contributed by atoms with E-state index >= 15 is 0 Å². The Balaban J connectivity index is 2.62. The van der Waals surface area contributed by atoms with Crippen LogP contribution in [-0.4, -0.2) is 29.3 Å². The fraction of sp³-hybridized carbons (Fsp3) is 0.600. The van der Waals surface area contributed by atoms with Crippen LogP contribution >= 0.6 is 0 Å². The van der Waals surface area contributed by atoms with Gasteiger partial charge in [-0.3, -0.25) is 0 Å². The molecule has 0 aliphatic rings. The van der Waals surface area contributed by atoms with Crippen LogP contribution < -0.4 is 10.1 Å². The molecule has 7 heteroatoms. The molecule has 96 valence electrons. The van der Waals surface area contributed by atoms with Gasteiger partial charge in [-0.05, 0) is 13.8 Å². The number of nitrogens with one attached hydrogen (secondary N) is 1. The Morgan fingerprint density at radius 2 is 2.06 bits per heavy atom. The average molecular weight is 249 g/mol. The molecule has 1 N–H and O–H groups in total. The average Bonchev–Trinajstić information content (AvgIpc) is 2.22. The van der Waals surface area contributed by atoms with E-state index in [1.165, 1.54) is 6.33 Å². The summed E-state index contributed by atoms with van der Waals surface area (Å²) in [6.45, 7) is 3.82. The Labute approximate surface area is 97.2 Å². The van der Waals surface area contributed by atoms with Crippen molar-refractivity contribution in [3.8, 4) is 5.88 Å². The first-order chi connectivity index (χ1) is 7.94. The molecule has 0 bridgehead atoms. The van der Waals surface area contributed by atoms with Crippen molar-refractivity contribution in [2.75, 3.05) is 18.5 Å². The van der Waals surface area contributed by atoms with Crippen LogP contribution in [0, 0.1) is 6.92 Å². The van der Waals surface area contributed by atoms with Crippen molar-refractivity contribution in [3.63, 3.8) is 0 Å². The molecule has 1 aromatic rings. The topological polar surface area (TPSA) is 47.0 Å². The SMILES string of the molecule is CCNc1ncnc(OCCC(F)(F)F)c1C. The van der Waals surface area contributed by atoms with Gasteiger partial charge in [0.1, 0.15) is 12.1 Å². The third-order valence-corrected chi connectivity index (χ3v) is 2.01. The van der Waals surface area contributed by atoms with Gasteiger partial charge in [0.2, 0.25) is 5.88 Å². The molecule has 0 aliphatic heterocycles. The van der Waals surface area contributed by atoms with Crippen LogP contribution in [0.25, 0.3) is 0 Å². The number of hydrogen-bond donors (Lipinski definition) is 1.